The molecule has 0 radical (unpaired) electrons. The number of benzene rings is 1. The zero-order valence-electron chi connectivity index (χ0n) is 11.4. The van der Waals surface area contributed by atoms with E-state index in [4.69, 9.17) is 4.74 Å². The number of nitrogens with one attached hydrogen (secondary N) is 2. The van der Waals surface area contributed by atoms with E-state index in [1.54, 1.807) is 0 Å². The Morgan fingerprint density at radius 1 is 1.47 bits per heavy atom. The molecule has 0 fully saturated rings. The molecule has 1 aliphatic heterocycles. The molecule has 0 spiro atoms. The fourth-order valence-corrected chi connectivity index (χ4v) is 2.38. The van der Waals surface area contributed by atoms with E-state index in [-0.39, 0.29) is 11.8 Å². The summed E-state index contributed by atoms with van der Waals surface area (Å²) < 4.78 is 5.25. The minimum Gasteiger partial charge on any atom is -0.382 e. The Balaban J connectivity index is 1.86. The molecule has 0 aromatic heterocycles. The van der Waals surface area contributed by atoms with Crippen LogP contribution in [0.15, 0.2) is 24.3 Å². The highest BCUT2D eigenvalue weighted by Crippen LogP contribution is 2.23. The van der Waals surface area contributed by atoms with Gasteiger partial charge in [-0.25, -0.2) is 0 Å². The molecule has 0 aliphatic carbocycles. The molecule has 1 amide bonds. The van der Waals surface area contributed by atoms with Crippen LogP contribution in [0.3, 0.4) is 0 Å². The minimum absolute atomic E-state index is 0.0722. The number of ether oxygens (including phenoxy) is 1. The molecular formula is C15H22N2O2. The van der Waals surface area contributed by atoms with E-state index in [0.717, 1.165) is 25.1 Å². The second-order valence-electron chi connectivity index (χ2n) is 4.72. The smallest absolute Gasteiger partial charge is 0.228 e. The molecule has 1 aromatic carbocycles. The summed E-state index contributed by atoms with van der Waals surface area (Å²) in [6, 6.07) is 8.15. The summed E-state index contributed by atoms with van der Waals surface area (Å²) in [7, 11) is 0. The predicted molar refractivity (Wildman–Crippen MR) is 75.0 cm³/mol. The van der Waals surface area contributed by atoms with Crippen LogP contribution in [0.5, 0.6) is 0 Å². The van der Waals surface area contributed by atoms with Gasteiger partial charge in [-0.3, -0.25) is 4.79 Å². The number of amides is 1. The molecule has 1 heterocycles. The van der Waals surface area contributed by atoms with Gasteiger partial charge in [0.15, 0.2) is 0 Å². The first-order valence-corrected chi connectivity index (χ1v) is 6.97. The summed E-state index contributed by atoms with van der Waals surface area (Å²) in [4.78, 5) is 12.2. The van der Waals surface area contributed by atoms with Crippen molar-refractivity contribution in [3.63, 3.8) is 0 Å². The van der Waals surface area contributed by atoms with Crippen molar-refractivity contribution in [3.8, 4) is 0 Å². The summed E-state index contributed by atoms with van der Waals surface area (Å²) in [6.45, 7) is 5.66. The van der Waals surface area contributed by atoms with Gasteiger partial charge in [-0.1, -0.05) is 24.3 Å². The summed E-state index contributed by atoms with van der Waals surface area (Å²) in [5, 5.41) is 6.29. The number of carbonyl (C=O) groups excluding carboxylic acids is 1. The van der Waals surface area contributed by atoms with Crippen LogP contribution >= 0.6 is 0 Å². The maximum absolute atomic E-state index is 12.2. The molecule has 1 atom stereocenters. The predicted octanol–water partition coefficient (Wildman–Crippen LogP) is 1.42. The zero-order valence-corrected chi connectivity index (χ0v) is 11.4. The third kappa shape index (κ3) is 3.78. The van der Waals surface area contributed by atoms with Gasteiger partial charge in [0.05, 0.1) is 5.92 Å². The molecule has 0 saturated heterocycles. The fraction of sp³-hybridized carbons (Fsp3) is 0.533. The highest BCUT2D eigenvalue weighted by Gasteiger charge is 2.25. The largest absolute Gasteiger partial charge is 0.382 e. The summed E-state index contributed by atoms with van der Waals surface area (Å²) >= 11 is 0. The monoisotopic (exact) mass is 262 g/mol. The average Bonchev–Trinajstić information content (AvgIpc) is 2.46. The summed E-state index contributed by atoms with van der Waals surface area (Å²) in [5.74, 6) is 0.0354. The molecule has 0 saturated carbocycles. The van der Waals surface area contributed by atoms with Crippen LogP contribution in [0.1, 0.15) is 30.4 Å². The van der Waals surface area contributed by atoms with Gasteiger partial charge < -0.3 is 15.4 Å². The van der Waals surface area contributed by atoms with Crippen molar-refractivity contribution >= 4 is 5.91 Å². The Kier molecular flexibility index (Phi) is 5.36. The molecular weight excluding hydrogens is 240 g/mol. The van der Waals surface area contributed by atoms with Crippen molar-refractivity contribution in [2.45, 2.75) is 25.8 Å². The van der Waals surface area contributed by atoms with Gasteiger partial charge in [0, 0.05) is 32.8 Å². The Bertz CT molecular complexity index is 420. The van der Waals surface area contributed by atoms with Crippen LogP contribution < -0.4 is 10.6 Å². The highest BCUT2D eigenvalue weighted by atomic mass is 16.5. The standard InChI is InChI=1S/C15H22N2O2/c1-2-19-9-5-8-17-15(18)14-11-16-10-12-6-3-4-7-13(12)14/h3-4,6-7,14,16H,2,5,8-11H2,1H3,(H,17,18). The topological polar surface area (TPSA) is 50.4 Å². The minimum atomic E-state index is -0.0722. The van der Waals surface area contributed by atoms with Gasteiger partial charge in [0.25, 0.3) is 0 Å². The molecule has 0 bridgehead atoms. The Morgan fingerprint density at radius 3 is 3.16 bits per heavy atom. The van der Waals surface area contributed by atoms with Crippen LogP contribution in [0.25, 0.3) is 0 Å². The number of fused-ring (bicyclic) bond motifs is 1. The van der Waals surface area contributed by atoms with Gasteiger partial charge in [-0.2, -0.15) is 0 Å². The second kappa shape index (κ2) is 7.26. The van der Waals surface area contributed by atoms with E-state index in [1.807, 2.05) is 19.1 Å². The van der Waals surface area contributed by atoms with Gasteiger partial charge in [-0.05, 0) is 24.5 Å². The normalized spacial score (nSPS) is 17.8. The Hall–Kier alpha value is -1.39. The van der Waals surface area contributed by atoms with Crippen molar-refractivity contribution in [2.75, 3.05) is 26.3 Å². The quantitative estimate of drug-likeness (QED) is 0.762. The third-order valence-corrected chi connectivity index (χ3v) is 3.38. The van der Waals surface area contributed by atoms with Crippen molar-refractivity contribution in [1.29, 1.82) is 0 Å². The van der Waals surface area contributed by atoms with Crippen molar-refractivity contribution in [2.24, 2.45) is 0 Å². The van der Waals surface area contributed by atoms with Crippen LogP contribution in [-0.2, 0) is 16.1 Å². The van der Waals surface area contributed by atoms with E-state index >= 15 is 0 Å². The van der Waals surface area contributed by atoms with Gasteiger partial charge in [0.1, 0.15) is 0 Å². The number of carbonyl (C=O) groups is 1. The van der Waals surface area contributed by atoms with Gasteiger partial charge >= 0.3 is 0 Å². The molecule has 1 aromatic rings. The lowest BCUT2D eigenvalue weighted by Gasteiger charge is -2.25. The lowest BCUT2D eigenvalue weighted by atomic mass is 9.90. The zero-order chi connectivity index (χ0) is 13.5. The Labute approximate surface area is 114 Å². The highest BCUT2D eigenvalue weighted by molar-refractivity contribution is 5.84. The van der Waals surface area contributed by atoms with Gasteiger partial charge in [-0.15, -0.1) is 0 Å². The van der Waals surface area contributed by atoms with Crippen molar-refractivity contribution in [3.05, 3.63) is 35.4 Å². The van der Waals surface area contributed by atoms with E-state index in [1.165, 1.54) is 5.56 Å². The molecule has 104 valence electrons. The van der Waals surface area contributed by atoms with E-state index in [2.05, 4.69) is 22.8 Å². The molecule has 2 rings (SSSR count). The average molecular weight is 262 g/mol. The van der Waals surface area contributed by atoms with Gasteiger partial charge in [0.2, 0.25) is 5.91 Å². The van der Waals surface area contributed by atoms with Crippen LogP contribution in [-0.4, -0.2) is 32.2 Å². The van der Waals surface area contributed by atoms with Crippen LogP contribution in [0.2, 0.25) is 0 Å². The first-order chi connectivity index (χ1) is 9.33. The number of rotatable bonds is 6. The number of hydrogen-bond acceptors (Lipinski definition) is 3. The molecule has 19 heavy (non-hydrogen) atoms. The SMILES string of the molecule is CCOCCCNC(=O)C1CNCc2ccccc21. The fourth-order valence-electron chi connectivity index (χ4n) is 2.38. The van der Waals surface area contributed by atoms with Crippen LogP contribution in [0.4, 0.5) is 0 Å². The van der Waals surface area contributed by atoms with Crippen molar-refractivity contribution < 1.29 is 9.53 Å². The lowest BCUT2D eigenvalue weighted by molar-refractivity contribution is -0.122. The maximum atomic E-state index is 12.2. The van der Waals surface area contributed by atoms with E-state index in [0.29, 0.717) is 19.7 Å². The molecule has 2 N–H and O–H groups in total. The number of hydrogen-bond donors (Lipinski definition) is 2. The first-order valence-electron chi connectivity index (χ1n) is 6.97. The Morgan fingerprint density at radius 2 is 2.32 bits per heavy atom. The summed E-state index contributed by atoms with van der Waals surface area (Å²) in [6.07, 6.45) is 0.862. The van der Waals surface area contributed by atoms with Crippen LogP contribution in [0, 0.1) is 0 Å². The van der Waals surface area contributed by atoms with E-state index in [9.17, 15) is 4.79 Å². The lowest BCUT2D eigenvalue weighted by Crippen LogP contribution is -2.39. The molecule has 1 aliphatic rings. The van der Waals surface area contributed by atoms with Crippen molar-refractivity contribution in [1.82, 2.24) is 10.6 Å². The molecule has 4 nitrogen and oxygen atoms in total. The summed E-state index contributed by atoms with van der Waals surface area (Å²) in [5.41, 5.74) is 2.38. The maximum Gasteiger partial charge on any atom is 0.228 e. The molecule has 1 unspecified atom stereocenters. The molecule has 4 heteroatoms. The first kappa shape index (κ1) is 14.0. The second-order valence-corrected chi connectivity index (χ2v) is 4.72. The van der Waals surface area contributed by atoms with E-state index < -0.39 is 0 Å². The third-order valence-electron chi connectivity index (χ3n) is 3.38.